The molecule has 0 bridgehead atoms. The molecule has 0 saturated heterocycles. The van der Waals surface area contributed by atoms with Crippen molar-refractivity contribution >= 4 is 43.3 Å². The van der Waals surface area contributed by atoms with Gasteiger partial charge in [0.05, 0.1) is 147 Å². The molecule has 2 unspecified atom stereocenters. The van der Waals surface area contributed by atoms with Crippen molar-refractivity contribution in [3.63, 3.8) is 0 Å². The van der Waals surface area contributed by atoms with Crippen LogP contribution in [0.25, 0.3) is 0 Å². The molecule has 22 nitrogen and oxygen atoms in total. The molecule has 2 aliphatic heterocycles. The highest BCUT2D eigenvalue weighted by molar-refractivity contribution is 7.86. The Morgan fingerprint density at radius 2 is 1.02 bits per heavy atom. The monoisotopic (exact) mass is 1180 g/mol. The second kappa shape index (κ2) is 38.0. The van der Waals surface area contributed by atoms with Crippen LogP contribution >= 0.6 is 0 Å². The molecule has 4 rings (SSSR count). The van der Waals surface area contributed by atoms with Crippen molar-refractivity contribution in [2.75, 3.05) is 178 Å². The van der Waals surface area contributed by atoms with Crippen LogP contribution in [-0.4, -0.2) is 220 Å². The van der Waals surface area contributed by atoms with Crippen molar-refractivity contribution in [3.8, 4) is 0 Å². The van der Waals surface area contributed by atoms with Gasteiger partial charge < -0.3 is 71.4 Å². The van der Waals surface area contributed by atoms with Gasteiger partial charge in [-0.3, -0.25) is 9.35 Å². The Balaban J connectivity index is 1.46. The Hall–Kier alpha value is -4.06. The summed E-state index contributed by atoms with van der Waals surface area (Å²) in [7, 11) is -6.08. The molecule has 0 saturated carbocycles. The minimum Gasteiger partial charge on any atom is -0.744 e. The summed E-state index contributed by atoms with van der Waals surface area (Å²) in [6.45, 7) is 16.1. The number of hydrogen-bond donors (Lipinski definition) is 2. The molecular weight excluding hydrogens is 1100 g/mol. The molecule has 458 valence electrons. The number of anilines is 1. The first-order chi connectivity index (χ1) is 39.0. The summed E-state index contributed by atoms with van der Waals surface area (Å²) in [6, 6.07) is 9.04. The van der Waals surface area contributed by atoms with E-state index in [1.165, 1.54) is 24.3 Å². The molecule has 2 heterocycles. The summed E-state index contributed by atoms with van der Waals surface area (Å²) in [6.07, 6.45) is 12.3. The Kier molecular flexibility index (Phi) is 32.6. The molecule has 0 aromatic heterocycles. The summed E-state index contributed by atoms with van der Waals surface area (Å²) in [5.41, 5.74) is 3.03. The fraction of sp³-hybridized carbons (Fsp3) is 0.649. The van der Waals surface area contributed by atoms with Crippen LogP contribution in [0.1, 0.15) is 70.4 Å². The average Bonchev–Trinajstić information content (AvgIpc) is 3.97. The first-order valence-corrected chi connectivity index (χ1v) is 30.5. The maximum Gasteiger partial charge on any atom is 0.303 e. The standard InChI is InChI=1S/C57H88N2O20S2/c1-6-58-51-18-16-47(80(62,63)64)45-49(51)56(2,20-23-70-29-31-74-37-39-78-43-41-76-35-33-72-27-25-68-4)53(58)13-9-7-10-14-54-57(3,21-24-71-30-32-75-38-40-79-44-42-77-36-34-73-28-26-69-5)50-46-48(81(65,66)67)17-19-52(50)59(54)22-12-8-11-15-55(60)61/h7,9-10,13-14,16-19,45-46H,6,8,11-12,15,20-44H2,1-5H3,(H2-,60,61,62,63,64,65,66,67). The molecule has 2 aliphatic rings. The molecule has 0 amide bonds. The molecule has 0 spiro atoms. The first-order valence-electron chi connectivity index (χ1n) is 27.7. The highest BCUT2D eigenvalue weighted by atomic mass is 32.2. The molecule has 2 aromatic carbocycles. The largest absolute Gasteiger partial charge is 0.744 e. The Bertz CT molecular complexity index is 2520. The van der Waals surface area contributed by atoms with E-state index in [2.05, 4.69) is 9.48 Å². The minimum atomic E-state index is -4.76. The van der Waals surface area contributed by atoms with E-state index in [4.69, 9.17) is 56.8 Å². The number of aliphatic carboxylic acids is 1. The van der Waals surface area contributed by atoms with Gasteiger partial charge in [0.15, 0.2) is 5.71 Å². The van der Waals surface area contributed by atoms with E-state index in [1.54, 1.807) is 26.4 Å². The van der Waals surface area contributed by atoms with Gasteiger partial charge in [-0.25, -0.2) is 8.42 Å². The highest BCUT2D eigenvalue weighted by Crippen LogP contribution is 2.50. The van der Waals surface area contributed by atoms with Crippen LogP contribution in [-0.2, 0) is 92.7 Å². The van der Waals surface area contributed by atoms with Crippen LogP contribution in [0.2, 0.25) is 0 Å². The van der Waals surface area contributed by atoms with E-state index < -0.39 is 37.0 Å². The fourth-order valence-corrected chi connectivity index (χ4v) is 10.4. The minimum absolute atomic E-state index is 0.0429. The molecule has 81 heavy (non-hydrogen) atoms. The van der Waals surface area contributed by atoms with Gasteiger partial charge in [-0.2, -0.15) is 13.0 Å². The second-order valence-electron chi connectivity index (χ2n) is 19.3. The smallest absolute Gasteiger partial charge is 0.303 e. The quantitative estimate of drug-likeness (QED) is 0.0339. The van der Waals surface area contributed by atoms with Gasteiger partial charge in [-0.1, -0.05) is 18.2 Å². The molecular formula is C57H88N2O20S2. The van der Waals surface area contributed by atoms with Gasteiger partial charge in [-0.05, 0) is 88.4 Å². The number of nitrogens with zero attached hydrogens (tertiary/aromatic N) is 2. The molecule has 2 atom stereocenters. The number of methoxy groups -OCH3 is 2. The van der Waals surface area contributed by atoms with E-state index in [-0.39, 0.29) is 22.8 Å². The lowest BCUT2D eigenvalue weighted by Crippen LogP contribution is -2.33. The lowest BCUT2D eigenvalue weighted by Gasteiger charge is -2.30. The number of carboxylic acids is 1. The van der Waals surface area contributed by atoms with Crippen LogP contribution in [0.15, 0.2) is 82.3 Å². The zero-order valence-electron chi connectivity index (χ0n) is 48.0. The predicted octanol–water partition coefficient (Wildman–Crippen LogP) is 5.87. The summed E-state index contributed by atoms with van der Waals surface area (Å²) in [4.78, 5) is 12.9. The zero-order chi connectivity index (χ0) is 58.8. The normalized spacial score (nSPS) is 17.9. The number of likely N-dealkylation sites (N-methyl/N-ethyl adjacent to an activating group) is 1. The van der Waals surface area contributed by atoms with Gasteiger partial charge >= 0.3 is 5.97 Å². The summed E-state index contributed by atoms with van der Waals surface area (Å²) >= 11 is 0. The topological polar surface area (TPSA) is 266 Å². The third kappa shape index (κ3) is 23.8. The lowest BCUT2D eigenvalue weighted by molar-refractivity contribution is -0.438. The average molecular weight is 1190 g/mol. The van der Waals surface area contributed by atoms with Crippen molar-refractivity contribution in [2.24, 2.45) is 0 Å². The Labute approximate surface area is 479 Å². The SMILES string of the molecule is CCN1/C(=C/C=C/C=C/C2=[N+](CCCCCC(=O)O)c3ccc(S(=O)(=O)O)cc3C2(C)CCOCCOCCOCCOCCOCCOC)C(C)(CCOCCOCCOCCOCCOCCOC)c2cc(S(=O)(=O)[O-])ccc21. The van der Waals surface area contributed by atoms with Gasteiger partial charge in [0.1, 0.15) is 16.7 Å². The number of carboxylic acid groups (broad SMARTS) is 1. The first kappa shape index (κ1) is 69.4. The molecule has 0 radical (unpaired) electrons. The molecule has 24 heteroatoms. The van der Waals surface area contributed by atoms with Crippen molar-refractivity contribution in [1.29, 1.82) is 0 Å². The van der Waals surface area contributed by atoms with Crippen molar-refractivity contribution in [1.82, 2.24) is 0 Å². The predicted molar refractivity (Wildman–Crippen MR) is 302 cm³/mol. The van der Waals surface area contributed by atoms with E-state index in [9.17, 15) is 35.8 Å². The number of hydrogen-bond acceptors (Lipinski definition) is 19. The van der Waals surface area contributed by atoms with Gasteiger partial charge in [0.25, 0.3) is 10.1 Å². The third-order valence-electron chi connectivity index (χ3n) is 13.7. The van der Waals surface area contributed by atoms with Gasteiger partial charge in [0.2, 0.25) is 5.69 Å². The van der Waals surface area contributed by atoms with Crippen molar-refractivity contribution in [3.05, 3.63) is 83.6 Å². The second-order valence-corrected chi connectivity index (χ2v) is 22.1. The highest BCUT2D eigenvalue weighted by Gasteiger charge is 2.48. The van der Waals surface area contributed by atoms with Crippen LogP contribution in [0.5, 0.6) is 0 Å². The van der Waals surface area contributed by atoms with E-state index >= 15 is 0 Å². The zero-order valence-corrected chi connectivity index (χ0v) is 49.7. The number of benzene rings is 2. The maximum absolute atomic E-state index is 12.5. The Morgan fingerprint density at radius 3 is 1.47 bits per heavy atom. The van der Waals surface area contributed by atoms with Crippen LogP contribution in [0.3, 0.4) is 0 Å². The molecule has 0 aliphatic carbocycles. The summed E-state index contributed by atoms with van der Waals surface area (Å²) < 4.78 is 141. The maximum atomic E-state index is 12.5. The van der Waals surface area contributed by atoms with Crippen LogP contribution in [0, 0.1) is 0 Å². The number of rotatable bonds is 48. The summed E-state index contributed by atoms with van der Waals surface area (Å²) in [5, 5.41) is 9.29. The van der Waals surface area contributed by atoms with Gasteiger partial charge in [0, 0.05) is 81.3 Å². The fourth-order valence-electron chi connectivity index (χ4n) is 9.37. The van der Waals surface area contributed by atoms with E-state index in [0.29, 0.717) is 195 Å². The molecule has 2 aromatic rings. The summed E-state index contributed by atoms with van der Waals surface area (Å²) in [5.74, 6) is -0.869. The molecule has 0 fully saturated rings. The number of unbranched alkanes of at least 4 members (excludes halogenated alkanes) is 2. The number of carbonyl (C=O) groups is 1. The third-order valence-corrected chi connectivity index (χ3v) is 15.3. The molecule has 2 N–H and O–H groups in total. The van der Waals surface area contributed by atoms with E-state index in [0.717, 1.165) is 22.8 Å². The number of allylic oxidation sites excluding steroid dienone is 6. The van der Waals surface area contributed by atoms with Crippen LogP contribution < -0.4 is 4.90 Å². The van der Waals surface area contributed by atoms with Crippen LogP contribution in [0.4, 0.5) is 11.4 Å². The lowest BCUT2D eigenvalue weighted by atomic mass is 9.76. The van der Waals surface area contributed by atoms with Crippen molar-refractivity contribution in [2.45, 2.75) is 79.9 Å². The number of ether oxygens (including phenoxy) is 12. The van der Waals surface area contributed by atoms with Crippen molar-refractivity contribution < 1.29 is 97.3 Å². The van der Waals surface area contributed by atoms with Gasteiger partial charge in [-0.15, -0.1) is 0 Å². The van der Waals surface area contributed by atoms with E-state index in [1.807, 2.05) is 51.2 Å². The number of fused-ring (bicyclic) bond motifs is 2. The Morgan fingerprint density at radius 1 is 0.580 bits per heavy atom.